The van der Waals surface area contributed by atoms with Crippen molar-refractivity contribution >= 4 is 0 Å². The Hall–Kier alpha value is -1.48. The molecule has 0 saturated carbocycles. The predicted octanol–water partition coefficient (Wildman–Crippen LogP) is -0.338. The molecule has 4 atom stereocenters. The average molecular weight is 298 g/mol. The summed E-state index contributed by atoms with van der Waals surface area (Å²) in [7, 11) is 1.44. The van der Waals surface area contributed by atoms with E-state index in [2.05, 4.69) is 4.98 Å². The summed E-state index contributed by atoms with van der Waals surface area (Å²) < 4.78 is 23.5. The molecule has 0 spiro atoms. The first-order chi connectivity index (χ1) is 9.95. The molecule has 1 aromatic rings. The molecule has 2 aliphatic heterocycles. The predicted molar refractivity (Wildman–Crippen MR) is 69.9 cm³/mol. The summed E-state index contributed by atoms with van der Waals surface area (Å²) >= 11 is 0. The molecule has 2 aliphatic rings. The summed E-state index contributed by atoms with van der Waals surface area (Å²) in [5, 5.41) is 9.42. The van der Waals surface area contributed by atoms with Crippen molar-refractivity contribution in [2.75, 3.05) is 13.7 Å². The average Bonchev–Trinajstić information content (AvgIpc) is 2.92. The van der Waals surface area contributed by atoms with Gasteiger partial charge >= 0.3 is 5.69 Å². The van der Waals surface area contributed by atoms with Gasteiger partial charge in [0.2, 0.25) is 5.88 Å². The third kappa shape index (κ3) is 2.44. The lowest BCUT2D eigenvalue weighted by Gasteiger charge is -2.24. The molecular formula is C13H18N2O6. The summed E-state index contributed by atoms with van der Waals surface area (Å²) in [6.45, 7) is 3.35. The number of fused-ring (bicyclic) bond motifs is 1. The Morgan fingerprint density at radius 1 is 1.43 bits per heavy atom. The third-order valence-electron chi connectivity index (χ3n) is 3.59. The second-order valence-electron chi connectivity index (χ2n) is 5.47. The van der Waals surface area contributed by atoms with E-state index < -0.39 is 36.0 Å². The van der Waals surface area contributed by atoms with Gasteiger partial charge in [0.1, 0.15) is 18.3 Å². The van der Waals surface area contributed by atoms with Crippen LogP contribution in [0, 0.1) is 0 Å². The van der Waals surface area contributed by atoms with Gasteiger partial charge in [-0.3, -0.25) is 4.57 Å². The van der Waals surface area contributed by atoms with Crippen LogP contribution in [0.2, 0.25) is 0 Å². The lowest BCUT2D eigenvalue weighted by atomic mass is 10.1. The Bertz CT molecular complexity index is 586. The summed E-state index contributed by atoms with van der Waals surface area (Å²) in [5.74, 6) is -0.553. The van der Waals surface area contributed by atoms with Crippen molar-refractivity contribution < 1.29 is 24.1 Å². The second kappa shape index (κ2) is 5.06. The van der Waals surface area contributed by atoms with Crippen LogP contribution in [0.4, 0.5) is 0 Å². The lowest BCUT2D eigenvalue weighted by molar-refractivity contribution is -0.200. The molecule has 0 radical (unpaired) electrons. The minimum Gasteiger partial charge on any atom is -0.481 e. The Morgan fingerprint density at radius 3 is 2.76 bits per heavy atom. The molecule has 21 heavy (non-hydrogen) atoms. The molecule has 3 heterocycles. The van der Waals surface area contributed by atoms with Gasteiger partial charge in [-0.15, -0.1) is 0 Å². The Kier molecular flexibility index (Phi) is 3.48. The van der Waals surface area contributed by atoms with Gasteiger partial charge in [0.15, 0.2) is 12.0 Å². The summed E-state index contributed by atoms with van der Waals surface area (Å²) in [6.07, 6.45) is -0.616. The van der Waals surface area contributed by atoms with Crippen molar-refractivity contribution in [3.05, 3.63) is 22.7 Å². The highest BCUT2D eigenvalue weighted by Crippen LogP contribution is 2.42. The number of ether oxygens (including phenoxy) is 4. The molecule has 2 saturated heterocycles. The number of rotatable bonds is 3. The monoisotopic (exact) mass is 298 g/mol. The SMILES string of the molecule is COc1ccn([C@@H]2O[C@H](CO)[C@H]3OC(C)(C)O[C@H]32)c(=O)n1. The number of hydrogen-bond acceptors (Lipinski definition) is 7. The van der Waals surface area contributed by atoms with Crippen LogP contribution in [0.15, 0.2) is 17.1 Å². The standard InChI is InChI=1S/C13H18N2O6/c1-13(2)20-9-7(6-16)19-11(10(9)21-13)15-5-4-8(18-3)14-12(15)17/h4-5,7,9-11,16H,6H2,1-3H3/t7-,9-,10-,11-/m1/s1. The van der Waals surface area contributed by atoms with Crippen LogP contribution in [0.3, 0.4) is 0 Å². The summed E-state index contributed by atoms with van der Waals surface area (Å²) in [6, 6.07) is 1.56. The van der Waals surface area contributed by atoms with E-state index in [-0.39, 0.29) is 12.5 Å². The fourth-order valence-corrected chi connectivity index (χ4v) is 2.73. The fraction of sp³-hybridized carbons (Fsp3) is 0.692. The van der Waals surface area contributed by atoms with E-state index in [1.807, 2.05) is 0 Å². The lowest BCUT2D eigenvalue weighted by Crippen LogP contribution is -2.34. The molecule has 116 valence electrons. The highest BCUT2D eigenvalue weighted by molar-refractivity contribution is 5.07. The first-order valence-electron chi connectivity index (χ1n) is 6.70. The molecule has 0 aliphatic carbocycles. The minimum atomic E-state index is -0.783. The molecule has 0 amide bonds. The maximum absolute atomic E-state index is 12.1. The van der Waals surface area contributed by atoms with E-state index in [4.69, 9.17) is 18.9 Å². The van der Waals surface area contributed by atoms with Crippen LogP contribution < -0.4 is 10.4 Å². The zero-order valence-corrected chi connectivity index (χ0v) is 12.1. The molecule has 1 N–H and O–H groups in total. The van der Waals surface area contributed by atoms with Gasteiger partial charge < -0.3 is 24.1 Å². The van der Waals surface area contributed by atoms with Gasteiger partial charge in [-0.25, -0.2) is 4.79 Å². The zero-order chi connectivity index (χ0) is 15.2. The molecule has 2 fully saturated rings. The third-order valence-corrected chi connectivity index (χ3v) is 3.59. The van der Waals surface area contributed by atoms with E-state index in [1.165, 1.54) is 17.9 Å². The van der Waals surface area contributed by atoms with Crippen LogP contribution in [0.25, 0.3) is 0 Å². The topological polar surface area (TPSA) is 92.0 Å². The van der Waals surface area contributed by atoms with Crippen LogP contribution in [0.5, 0.6) is 5.88 Å². The molecule has 8 nitrogen and oxygen atoms in total. The maximum Gasteiger partial charge on any atom is 0.353 e. The number of nitrogens with zero attached hydrogens (tertiary/aromatic N) is 2. The van der Waals surface area contributed by atoms with Crippen LogP contribution in [-0.4, -0.2) is 52.5 Å². The van der Waals surface area contributed by atoms with Crippen LogP contribution in [-0.2, 0) is 14.2 Å². The van der Waals surface area contributed by atoms with Crippen molar-refractivity contribution in [1.82, 2.24) is 9.55 Å². The Balaban J connectivity index is 1.94. The van der Waals surface area contributed by atoms with Crippen molar-refractivity contribution in [3.63, 3.8) is 0 Å². The number of aliphatic hydroxyl groups is 1. The van der Waals surface area contributed by atoms with Gasteiger partial charge in [0, 0.05) is 12.3 Å². The number of aromatic nitrogens is 2. The fourth-order valence-electron chi connectivity index (χ4n) is 2.73. The largest absolute Gasteiger partial charge is 0.481 e. The van der Waals surface area contributed by atoms with Gasteiger partial charge in [0.25, 0.3) is 0 Å². The first-order valence-corrected chi connectivity index (χ1v) is 6.70. The molecule has 0 unspecified atom stereocenters. The summed E-state index contributed by atoms with van der Waals surface area (Å²) in [5.41, 5.74) is -0.509. The van der Waals surface area contributed by atoms with Gasteiger partial charge in [-0.05, 0) is 13.8 Å². The van der Waals surface area contributed by atoms with E-state index >= 15 is 0 Å². The second-order valence-corrected chi connectivity index (χ2v) is 5.47. The molecule has 1 aromatic heterocycles. The quantitative estimate of drug-likeness (QED) is 0.816. The molecule has 0 aromatic carbocycles. The highest BCUT2D eigenvalue weighted by atomic mass is 16.8. The van der Waals surface area contributed by atoms with Crippen molar-refractivity contribution in [2.24, 2.45) is 0 Å². The Labute approximate surface area is 121 Å². The first kappa shape index (κ1) is 14.5. The minimum absolute atomic E-state index is 0.213. The van der Waals surface area contributed by atoms with Gasteiger partial charge in [0.05, 0.1) is 13.7 Å². The van der Waals surface area contributed by atoms with Crippen LogP contribution in [0.1, 0.15) is 20.1 Å². The van der Waals surface area contributed by atoms with Crippen molar-refractivity contribution in [2.45, 2.75) is 44.2 Å². The number of hydrogen-bond donors (Lipinski definition) is 1. The Morgan fingerprint density at radius 2 is 2.14 bits per heavy atom. The highest BCUT2D eigenvalue weighted by Gasteiger charge is 2.55. The summed E-state index contributed by atoms with van der Waals surface area (Å²) in [4.78, 5) is 15.8. The molecule has 8 heteroatoms. The van der Waals surface area contributed by atoms with Crippen LogP contribution >= 0.6 is 0 Å². The molecule has 3 rings (SSSR count). The van der Waals surface area contributed by atoms with Crippen molar-refractivity contribution in [1.29, 1.82) is 0 Å². The van der Waals surface area contributed by atoms with Gasteiger partial charge in [-0.1, -0.05) is 0 Å². The maximum atomic E-state index is 12.1. The van der Waals surface area contributed by atoms with E-state index in [0.717, 1.165) is 0 Å². The molecular weight excluding hydrogens is 280 g/mol. The number of methoxy groups -OCH3 is 1. The number of aliphatic hydroxyl groups excluding tert-OH is 1. The van der Waals surface area contributed by atoms with E-state index in [1.54, 1.807) is 19.9 Å². The van der Waals surface area contributed by atoms with Gasteiger partial charge in [-0.2, -0.15) is 4.98 Å². The normalized spacial score (nSPS) is 33.9. The van der Waals surface area contributed by atoms with Crippen molar-refractivity contribution in [3.8, 4) is 5.88 Å². The molecule has 0 bridgehead atoms. The van der Waals surface area contributed by atoms with E-state index in [9.17, 15) is 9.90 Å². The van der Waals surface area contributed by atoms with E-state index in [0.29, 0.717) is 0 Å². The zero-order valence-electron chi connectivity index (χ0n) is 12.1. The smallest absolute Gasteiger partial charge is 0.353 e.